The van der Waals surface area contributed by atoms with Crippen molar-refractivity contribution < 1.29 is 19.1 Å². The molecule has 0 saturated carbocycles. The Hall–Kier alpha value is -3.02. The molecular formula is C20H24N2O4. The van der Waals surface area contributed by atoms with E-state index in [1.165, 1.54) is 0 Å². The van der Waals surface area contributed by atoms with E-state index in [0.717, 1.165) is 0 Å². The summed E-state index contributed by atoms with van der Waals surface area (Å²) in [6.07, 6.45) is 0.287. The van der Waals surface area contributed by atoms with E-state index in [1.807, 2.05) is 13.8 Å². The molecule has 2 amide bonds. The van der Waals surface area contributed by atoms with E-state index in [2.05, 4.69) is 10.6 Å². The van der Waals surface area contributed by atoms with E-state index in [9.17, 15) is 9.59 Å². The molecule has 0 atom stereocenters. The van der Waals surface area contributed by atoms with Crippen molar-refractivity contribution >= 4 is 23.2 Å². The van der Waals surface area contributed by atoms with E-state index in [4.69, 9.17) is 9.47 Å². The zero-order valence-electron chi connectivity index (χ0n) is 15.5. The van der Waals surface area contributed by atoms with Gasteiger partial charge in [-0.05, 0) is 56.3 Å². The number of carbonyl (C=O) groups excluding carboxylic acids is 2. The third-order valence-corrected chi connectivity index (χ3v) is 3.55. The zero-order chi connectivity index (χ0) is 19.1. The van der Waals surface area contributed by atoms with Gasteiger partial charge in [-0.25, -0.2) is 0 Å². The molecule has 0 aliphatic rings. The number of amides is 2. The first-order valence-corrected chi connectivity index (χ1v) is 8.49. The summed E-state index contributed by atoms with van der Waals surface area (Å²) in [4.78, 5) is 24.3. The minimum Gasteiger partial charge on any atom is -0.497 e. The fourth-order valence-corrected chi connectivity index (χ4v) is 2.24. The van der Waals surface area contributed by atoms with Crippen LogP contribution in [0.1, 0.15) is 37.6 Å². The number of hydrogen-bond acceptors (Lipinski definition) is 4. The largest absolute Gasteiger partial charge is 0.497 e. The molecule has 0 saturated heterocycles. The van der Waals surface area contributed by atoms with E-state index >= 15 is 0 Å². The summed E-state index contributed by atoms with van der Waals surface area (Å²) in [6.45, 7) is 5.56. The zero-order valence-corrected chi connectivity index (χ0v) is 15.5. The Morgan fingerprint density at radius 2 is 1.73 bits per heavy atom. The predicted molar refractivity (Wildman–Crippen MR) is 102 cm³/mol. The third kappa shape index (κ3) is 5.24. The Morgan fingerprint density at radius 3 is 2.31 bits per heavy atom. The molecule has 0 unspecified atom stereocenters. The maximum atomic E-state index is 12.5. The highest BCUT2D eigenvalue weighted by Gasteiger charge is 2.13. The molecular weight excluding hydrogens is 332 g/mol. The summed E-state index contributed by atoms with van der Waals surface area (Å²) in [5.74, 6) is 0.815. The summed E-state index contributed by atoms with van der Waals surface area (Å²) in [6, 6.07) is 12.0. The van der Waals surface area contributed by atoms with E-state index < -0.39 is 0 Å². The monoisotopic (exact) mass is 356 g/mol. The molecule has 2 N–H and O–H groups in total. The summed E-state index contributed by atoms with van der Waals surface area (Å²) in [7, 11) is 1.58. The second-order valence-corrected chi connectivity index (χ2v) is 5.96. The third-order valence-electron chi connectivity index (χ3n) is 3.55. The molecule has 0 aliphatic carbocycles. The van der Waals surface area contributed by atoms with E-state index in [-0.39, 0.29) is 17.9 Å². The molecule has 0 heterocycles. The van der Waals surface area contributed by atoms with Crippen molar-refractivity contribution in [3.8, 4) is 11.5 Å². The minimum absolute atomic E-state index is 0.0498. The lowest BCUT2D eigenvalue weighted by atomic mass is 10.1. The number of nitrogens with one attached hydrogen (secondary N) is 2. The molecule has 0 aliphatic heterocycles. The Bertz CT molecular complexity index is 770. The smallest absolute Gasteiger partial charge is 0.255 e. The number of hydrogen-bond donors (Lipinski definition) is 2. The quantitative estimate of drug-likeness (QED) is 0.783. The molecule has 0 aromatic heterocycles. The molecule has 6 heteroatoms. The second kappa shape index (κ2) is 8.89. The van der Waals surface area contributed by atoms with Crippen LogP contribution in [-0.2, 0) is 4.79 Å². The lowest BCUT2D eigenvalue weighted by Gasteiger charge is -2.16. The van der Waals surface area contributed by atoms with Crippen LogP contribution in [0.4, 0.5) is 11.4 Å². The topological polar surface area (TPSA) is 76.7 Å². The molecule has 138 valence electrons. The Kier molecular flexibility index (Phi) is 6.60. The van der Waals surface area contributed by atoms with Gasteiger partial charge in [-0.2, -0.15) is 0 Å². The Morgan fingerprint density at radius 1 is 1.04 bits per heavy atom. The maximum Gasteiger partial charge on any atom is 0.255 e. The summed E-state index contributed by atoms with van der Waals surface area (Å²) >= 11 is 0. The van der Waals surface area contributed by atoms with Crippen molar-refractivity contribution in [2.45, 2.75) is 33.3 Å². The maximum absolute atomic E-state index is 12.5. The number of benzene rings is 2. The van der Waals surface area contributed by atoms with Crippen LogP contribution >= 0.6 is 0 Å². The van der Waals surface area contributed by atoms with Crippen LogP contribution in [0.3, 0.4) is 0 Å². The van der Waals surface area contributed by atoms with Crippen LogP contribution in [-0.4, -0.2) is 25.0 Å². The van der Waals surface area contributed by atoms with Crippen LogP contribution in [0.25, 0.3) is 0 Å². The molecule has 26 heavy (non-hydrogen) atoms. The number of rotatable bonds is 7. The fraction of sp³-hybridized carbons (Fsp3) is 0.300. The van der Waals surface area contributed by atoms with Gasteiger partial charge in [0.05, 0.1) is 18.9 Å². The first-order valence-electron chi connectivity index (χ1n) is 8.49. The van der Waals surface area contributed by atoms with Gasteiger partial charge in [-0.15, -0.1) is 0 Å². The molecule has 2 rings (SSSR count). The van der Waals surface area contributed by atoms with E-state index in [1.54, 1.807) is 56.5 Å². The lowest BCUT2D eigenvalue weighted by molar-refractivity contribution is -0.115. The molecule has 6 nitrogen and oxygen atoms in total. The number of anilines is 2. The molecule has 2 aromatic rings. The van der Waals surface area contributed by atoms with Gasteiger partial charge in [-0.1, -0.05) is 6.92 Å². The average Bonchev–Trinajstić information content (AvgIpc) is 2.63. The average molecular weight is 356 g/mol. The Labute approximate surface area is 153 Å². The van der Waals surface area contributed by atoms with Crippen LogP contribution in [0.15, 0.2) is 42.5 Å². The molecule has 0 radical (unpaired) electrons. The highest BCUT2D eigenvalue weighted by molar-refractivity contribution is 6.05. The minimum atomic E-state index is -0.279. The van der Waals surface area contributed by atoms with Crippen molar-refractivity contribution in [2.75, 3.05) is 17.7 Å². The summed E-state index contributed by atoms with van der Waals surface area (Å²) in [5.41, 5.74) is 1.55. The molecule has 0 spiro atoms. The predicted octanol–water partition coefficient (Wildman–Crippen LogP) is 4.08. The number of methoxy groups -OCH3 is 1. The van der Waals surface area contributed by atoms with Crippen molar-refractivity contribution in [3.05, 3.63) is 48.0 Å². The van der Waals surface area contributed by atoms with Gasteiger partial charge in [0.1, 0.15) is 11.5 Å². The number of carbonyl (C=O) groups is 2. The highest BCUT2D eigenvalue weighted by Crippen LogP contribution is 2.27. The van der Waals surface area contributed by atoms with Crippen LogP contribution in [0.5, 0.6) is 11.5 Å². The van der Waals surface area contributed by atoms with Crippen molar-refractivity contribution in [3.63, 3.8) is 0 Å². The van der Waals surface area contributed by atoms with Gasteiger partial charge in [-0.3, -0.25) is 9.59 Å². The first-order chi connectivity index (χ1) is 12.4. The lowest BCUT2D eigenvalue weighted by Crippen LogP contribution is -2.16. The highest BCUT2D eigenvalue weighted by atomic mass is 16.5. The molecule has 0 bridgehead atoms. The van der Waals surface area contributed by atoms with Gasteiger partial charge in [0, 0.05) is 17.7 Å². The van der Waals surface area contributed by atoms with Crippen LogP contribution in [0, 0.1) is 0 Å². The molecule has 0 fully saturated rings. The van der Waals surface area contributed by atoms with Crippen LogP contribution in [0.2, 0.25) is 0 Å². The summed E-state index contributed by atoms with van der Waals surface area (Å²) in [5, 5.41) is 5.60. The van der Waals surface area contributed by atoms with Gasteiger partial charge < -0.3 is 20.1 Å². The Balaban J connectivity index is 2.22. The fourth-order valence-electron chi connectivity index (χ4n) is 2.24. The van der Waals surface area contributed by atoms with Crippen LogP contribution < -0.4 is 20.1 Å². The van der Waals surface area contributed by atoms with Gasteiger partial charge in [0.15, 0.2) is 0 Å². The van der Waals surface area contributed by atoms with Crippen molar-refractivity contribution in [1.82, 2.24) is 0 Å². The van der Waals surface area contributed by atoms with E-state index in [0.29, 0.717) is 34.9 Å². The normalized spacial score (nSPS) is 10.3. The number of ether oxygens (including phenoxy) is 2. The summed E-state index contributed by atoms with van der Waals surface area (Å²) < 4.78 is 10.8. The molecule has 2 aromatic carbocycles. The first kappa shape index (κ1) is 19.3. The van der Waals surface area contributed by atoms with Gasteiger partial charge in [0.2, 0.25) is 5.91 Å². The van der Waals surface area contributed by atoms with Gasteiger partial charge >= 0.3 is 0 Å². The van der Waals surface area contributed by atoms with Crippen molar-refractivity contribution in [1.29, 1.82) is 0 Å². The SMILES string of the molecule is CCC(=O)Nc1cc(C(=O)Nc2ccc(OC)cc2)ccc1OC(C)C. The van der Waals surface area contributed by atoms with Gasteiger partial charge in [0.25, 0.3) is 5.91 Å². The standard InChI is InChI=1S/C20H24N2O4/c1-5-19(23)22-17-12-14(6-11-18(17)26-13(2)3)20(24)21-15-7-9-16(25-4)10-8-15/h6-13H,5H2,1-4H3,(H,21,24)(H,22,23). The van der Waals surface area contributed by atoms with Crippen molar-refractivity contribution in [2.24, 2.45) is 0 Å². The second-order valence-electron chi connectivity index (χ2n) is 5.96.